The lowest BCUT2D eigenvalue weighted by atomic mass is 9.78. The number of rotatable bonds is 3. The second kappa shape index (κ2) is 7.08. The van der Waals surface area contributed by atoms with Gasteiger partial charge in [-0.2, -0.15) is 0 Å². The van der Waals surface area contributed by atoms with E-state index in [0.717, 1.165) is 39.8 Å². The smallest absolute Gasteiger partial charge is 0.163 e. The Balaban J connectivity index is 1.62. The highest BCUT2D eigenvalue weighted by molar-refractivity contribution is 6.30. The van der Waals surface area contributed by atoms with Gasteiger partial charge in [-0.1, -0.05) is 25.4 Å². The monoisotopic (exact) mass is 359 g/mol. The molecule has 1 aromatic heterocycles. The fourth-order valence-corrected chi connectivity index (χ4v) is 4.61. The zero-order valence-electron chi connectivity index (χ0n) is 15.0. The fourth-order valence-electron chi connectivity index (χ4n) is 4.41. The molecule has 5 heteroatoms. The topological polar surface area (TPSA) is 39.9 Å². The van der Waals surface area contributed by atoms with Crippen molar-refractivity contribution in [1.29, 1.82) is 0 Å². The molecule has 134 valence electrons. The Morgan fingerprint density at radius 1 is 1.16 bits per heavy atom. The quantitative estimate of drug-likeness (QED) is 0.749. The number of fused-ring (bicyclic) bond motifs is 3. The maximum atomic E-state index is 6.18. The second-order valence-corrected chi connectivity index (χ2v) is 8.36. The molecule has 0 radical (unpaired) electrons. The van der Waals surface area contributed by atoms with Gasteiger partial charge in [0.25, 0.3) is 0 Å². The number of nitrogens with zero attached hydrogens (tertiary/aromatic N) is 3. The molecule has 0 bridgehead atoms. The van der Waals surface area contributed by atoms with Crippen molar-refractivity contribution < 1.29 is 4.74 Å². The Kier molecular flexibility index (Phi) is 4.83. The predicted octanol–water partition coefficient (Wildman–Crippen LogP) is 5.27. The summed E-state index contributed by atoms with van der Waals surface area (Å²) in [6.45, 7) is 5.72. The van der Waals surface area contributed by atoms with Crippen LogP contribution in [0.4, 0.5) is 0 Å². The van der Waals surface area contributed by atoms with Crippen molar-refractivity contribution in [3.8, 4) is 5.69 Å². The van der Waals surface area contributed by atoms with E-state index >= 15 is 0 Å². The van der Waals surface area contributed by atoms with Gasteiger partial charge >= 0.3 is 0 Å². The lowest BCUT2D eigenvalue weighted by Crippen LogP contribution is -2.18. The van der Waals surface area contributed by atoms with Crippen LogP contribution in [0.25, 0.3) is 5.69 Å². The van der Waals surface area contributed by atoms with E-state index < -0.39 is 0 Å². The third kappa shape index (κ3) is 3.47. The van der Waals surface area contributed by atoms with E-state index in [1.807, 2.05) is 12.1 Å². The van der Waals surface area contributed by atoms with Crippen LogP contribution in [0.15, 0.2) is 18.2 Å². The maximum absolute atomic E-state index is 6.18. The first-order valence-corrected chi connectivity index (χ1v) is 9.80. The lowest BCUT2D eigenvalue weighted by Gasteiger charge is -2.29. The summed E-state index contributed by atoms with van der Waals surface area (Å²) in [4.78, 5) is 0. The average Bonchev–Trinajstić information content (AvgIpc) is 2.91. The molecule has 1 saturated carbocycles. The summed E-state index contributed by atoms with van der Waals surface area (Å²) in [6, 6.07) is 6.02. The molecule has 1 aliphatic heterocycles. The van der Waals surface area contributed by atoms with E-state index in [4.69, 9.17) is 16.3 Å². The van der Waals surface area contributed by atoms with Gasteiger partial charge in [0.05, 0.1) is 12.3 Å². The highest BCUT2D eigenvalue weighted by Crippen LogP contribution is 2.39. The van der Waals surface area contributed by atoms with Gasteiger partial charge in [-0.3, -0.25) is 4.57 Å². The van der Waals surface area contributed by atoms with Crippen LogP contribution in [-0.2, 0) is 18.0 Å². The summed E-state index contributed by atoms with van der Waals surface area (Å²) >= 11 is 6.18. The van der Waals surface area contributed by atoms with Crippen LogP contribution in [0.2, 0.25) is 5.02 Å². The van der Waals surface area contributed by atoms with Crippen LogP contribution < -0.4 is 0 Å². The molecule has 2 aromatic rings. The molecule has 25 heavy (non-hydrogen) atoms. The molecule has 0 amide bonds. The Hall–Kier alpha value is -1.39. The van der Waals surface area contributed by atoms with Crippen molar-refractivity contribution in [3.05, 3.63) is 40.4 Å². The Morgan fingerprint density at radius 3 is 2.72 bits per heavy atom. The standard InChI is InChI=1S/C20H26ClN3O/c1-13(2)9-14-3-5-15(6-4-14)20-23-22-19-12-25-11-16-10-17(21)7-8-18(16)24(19)20/h7-8,10,13-15H,3-6,9,11-12H2,1-2H3/t14-,15-. The first-order chi connectivity index (χ1) is 12.1. The predicted molar refractivity (Wildman–Crippen MR) is 99.0 cm³/mol. The number of hydrogen-bond acceptors (Lipinski definition) is 3. The van der Waals surface area contributed by atoms with E-state index in [1.165, 1.54) is 32.1 Å². The highest BCUT2D eigenvalue weighted by atomic mass is 35.5. The van der Waals surface area contributed by atoms with Crippen molar-refractivity contribution in [1.82, 2.24) is 14.8 Å². The summed E-state index contributed by atoms with van der Waals surface area (Å²) in [6.07, 6.45) is 6.36. The molecule has 0 N–H and O–H groups in total. The summed E-state index contributed by atoms with van der Waals surface area (Å²) in [5.74, 6) is 4.16. The number of ether oxygens (including phenoxy) is 1. The van der Waals surface area contributed by atoms with E-state index in [0.29, 0.717) is 19.1 Å². The zero-order chi connectivity index (χ0) is 17.4. The minimum Gasteiger partial charge on any atom is -0.369 e. The highest BCUT2D eigenvalue weighted by Gasteiger charge is 2.29. The van der Waals surface area contributed by atoms with Crippen LogP contribution in [-0.4, -0.2) is 14.8 Å². The number of hydrogen-bond donors (Lipinski definition) is 0. The van der Waals surface area contributed by atoms with Gasteiger partial charge in [0, 0.05) is 16.5 Å². The van der Waals surface area contributed by atoms with Gasteiger partial charge in [-0.15, -0.1) is 10.2 Å². The minimum absolute atomic E-state index is 0.492. The van der Waals surface area contributed by atoms with Gasteiger partial charge in [-0.05, 0) is 62.1 Å². The maximum Gasteiger partial charge on any atom is 0.163 e. The molecular formula is C20H26ClN3O. The molecule has 1 fully saturated rings. The van der Waals surface area contributed by atoms with Gasteiger partial charge < -0.3 is 4.74 Å². The van der Waals surface area contributed by atoms with Gasteiger partial charge in [0.2, 0.25) is 0 Å². The number of benzene rings is 1. The SMILES string of the molecule is CC(C)C[C@H]1CC[C@H](c2nnc3n2-c2ccc(Cl)cc2COC3)CC1. The second-order valence-electron chi connectivity index (χ2n) is 7.92. The van der Waals surface area contributed by atoms with E-state index in [-0.39, 0.29) is 0 Å². The van der Waals surface area contributed by atoms with Gasteiger partial charge in [-0.25, -0.2) is 0 Å². The van der Waals surface area contributed by atoms with Crippen LogP contribution in [0.1, 0.15) is 69.1 Å². The van der Waals surface area contributed by atoms with Crippen molar-refractivity contribution in [3.63, 3.8) is 0 Å². The lowest BCUT2D eigenvalue weighted by molar-refractivity contribution is 0.105. The molecule has 4 nitrogen and oxygen atoms in total. The van der Waals surface area contributed by atoms with Crippen molar-refractivity contribution >= 4 is 11.6 Å². The first-order valence-electron chi connectivity index (χ1n) is 9.42. The van der Waals surface area contributed by atoms with E-state index in [9.17, 15) is 0 Å². The molecule has 2 heterocycles. The molecule has 4 rings (SSSR count). The molecule has 0 unspecified atom stereocenters. The normalized spacial score (nSPS) is 23.2. The van der Waals surface area contributed by atoms with Crippen molar-refractivity contribution in [2.75, 3.05) is 0 Å². The van der Waals surface area contributed by atoms with Gasteiger partial charge in [0.15, 0.2) is 5.82 Å². The van der Waals surface area contributed by atoms with Crippen LogP contribution in [0.5, 0.6) is 0 Å². The van der Waals surface area contributed by atoms with Crippen molar-refractivity contribution in [2.24, 2.45) is 11.8 Å². The van der Waals surface area contributed by atoms with Crippen LogP contribution in [0.3, 0.4) is 0 Å². The third-order valence-corrected chi connectivity index (χ3v) is 5.78. The van der Waals surface area contributed by atoms with E-state index in [2.05, 4.69) is 34.7 Å². The average molecular weight is 360 g/mol. The molecule has 0 spiro atoms. The molecule has 1 aliphatic carbocycles. The molecule has 1 aromatic carbocycles. The summed E-state index contributed by atoms with van der Waals surface area (Å²) in [7, 11) is 0. The molecule has 0 atom stereocenters. The summed E-state index contributed by atoms with van der Waals surface area (Å²) < 4.78 is 8.01. The van der Waals surface area contributed by atoms with E-state index in [1.54, 1.807) is 0 Å². The Labute approximate surface area is 154 Å². The van der Waals surface area contributed by atoms with Crippen LogP contribution in [0, 0.1) is 11.8 Å². The minimum atomic E-state index is 0.492. The van der Waals surface area contributed by atoms with Crippen LogP contribution >= 0.6 is 11.6 Å². The van der Waals surface area contributed by atoms with Gasteiger partial charge in [0.1, 0.15) is 12.4 Å². The van der Waals surface area contributed by atoms with Crippen molar-refractivity contribution in [2.45, 2.75) is 65.1 Å². The molecule has 2 aliphatic rings. The Morgan fingerprint density at radius 2 is 1.96 bits per heavy atom. The molecule has 0 saturated heterocycles. The third-order valence-electron chi connectivity index (χ3n) is 5.54. The Bertz CT molecular complexity index is 747. The zero-order valence-corrected chi connectivity index (χ0v) is 15.8. The first kappa shape index (κ1) is 17.0. The summed E-state index contributed by atoms with van der Waals surface area (Å²) in [5.41, 5.74) is 2.24. The fraction of sp³-hybridized carbons (Fsp3) is 0.600. The summed E-state index contributed by atoms with van der Waals surface area (Å²) in [5, 5.41) is 9.75. The number of aromatic nitrogens is 3. The molecular weight excluding hydrogens is 334 g/mol. The largest absolute Gasteiger partial charge is 0.369 e. The number of halogens is 1.